The molecule has 0 spiro atoms. The van der Waals surface area contributed by atoms with E-state index in [4.69, 9.17) is 0 Å². The van der Waals surface area contributed by atoms with E-state index in [0.29, 0.717) is 5.56 Å². The van der Waals surface area contributed by atoms with E-state index in [1.165, 1.54) is 6.07 Å². The van der Waals surface area contributed by atoms with E-state index in [1.807, 2.05) is 32.9 Å². The number of benzene rings is 2. The van der Waals surface area contributed by atoms with Crippen molar-refractivity contribution >= 4 is 5.69 Å². The van der Waals surface area contributed by atoms with Crippen LogP contribution in [0.1, 0.15) is 29.7 Å². The third-order valence-electron chi connectivity index (χ3n) is 3.29. The van der Waals surface area contributed by atoms with Crippen molar-refractivity contribution in [3.63, 3.8) is 0 Å². The van der Waals surface area contributed by atoms with Gasteiger partial charge in [0.05, 0.1) is 6.04 Å². The molecular weight excluding hydrogens is 241 g/mol. The van der Waals surface area contributed by atoms with E-state index in [9.17, 15) is 9.50 Å². The van der Waals surface area contributed by atoms with Crippen molar-refractivity contribution in [3.05, 3.63) is 58.9 Å². The van der Waals surface area contributed by atoms with Crippen LogP contribution in [-0.2, 0) is 0 Å². The zero-order chi connectivity index (χ0) is 14.0. The van der Waals surface area contributed by atoms with Gasteiger partial charge in [-0.1, -0.05) is 18.2 Å². The highest BCUT2D eigenvalue weighted by molar-refractivity contribution is 5.57. The van der Waals surface area contributed by atoms with Crippen molar-refractivity contribution in [2.45, 2.75) is 26.8 Å². The molecule has 0 heterocycles. The summed E-state index contributed by atoms with van der Waals surface area (Å²) in [6.07, 6.45) is 0. The Morgan fingerprint density at radius 1 is 1.11 bits per heavy atom. The first-order valence-electron chi connectivity index (χ1n) is 6.30. The summed E-state index contributed by atoms with van der Waals surface area (Å²) in [6.45, 7) is 5.67. The van der Waals surface area contributed by atoms with Crippen LogP contribution in [0.25, 0.3) is 0 Å². The highest BCUT2D eigenvalue weighted by atomic mass is 19.1. The van der Waals surface area contributed by atoms with Gasteiger partial charge in [0.2, 0.25) is 0 Å². The molecule has 0 saturated carbocycles. The van der Waals surface area contributed by atoms with Crippen molar-refractivity contribution < 1.29 is 9.50 Å². The topological polar surface area (TPSA) is 32.3 Å². The number of aromatic hydroxyl groups is 1. The highest BCUT2D eigenvalue weighted by Crippen LogP contribution is 2.28. The van der Waals surface area contributed by atoms with Crippen LogP contribution in [0.3, 0.4) is 0 Å². The maximum atomic E-state index is 13.7. The Bertz CT molecular complexity index is 595. The molecule has 0 bridgehead atoms. The summed E-state index contributed by atoms with van der Waals surface area (Å²) >= 11 is 0. The Morgan fingerprint density at radius 3 is 2.47 bits per heavy atom. The molecule has 0 fully saturated rings. The normalized spacial score (nSPS) is 12.2. The minimum Gasteiger partial charge on any atom is -0.508 e. The summed E-state index contributed by atoms with van der Waals surface area (Å²) in [4.78, 5) is 0. The minimum atomic E-state index is -0.212. The molecule has 3 heteroatoms. The molecule has 1 unspecified atom stereocenters. The fourth-order valence-corrected chi connectivity index (χ4v) is 2.09. The first kappa shape index (κ1) is 13.4. The van der Waals surface area contributed by atoms with Gasteiger partial charge >= 0.3 is 0 Å². The van der Waals surface area contributed by atoms with Gasteiger partial charge in [-0.3, -0.25) is 0 Å². The molecule has 2 rings (SSSR count). The van der Waals surface area contributed by atoms with Crippen LogP contribution in [0.15, 0.2) is 36.4 Å². The molecule has 0 aliphatic rings. The van der Waals surface area contributed by atoms with Gasteiger partial charge in [-0.25, -0.2) is 4.39 Å². The molecule has 2 nitrogen and oxygen atoms in total. The fraction of sp³-hybridized carbons (Fsp3) is 0.250. The first-order chi connectivity index (χ1) is 8.99. The monoisotopic (exact) mass is 259 g/mol. The summed E-state index contributed by atoms with van der Waals surface area (Å²) in [6, 6.07) is 10.2. The fourth-order valence-electron chi connectivity index (χ4n) is 2.09. The van der Waals surface area contributed by atoms with Gasteiger partial charge in [0.25, 0.3) is 0 Å². The van der Waals surface area contributed by atoms with Gasteiger partial charge in [0.1, 0.15) is 11.6 Å². The molecule has 0 aliphatic heterocycles. The van der Waals surface area contributed by atoms with Gasteiger partial charge < -0.3 is 10.4 Å². The molecule has 19 heavy (non-hydrogen) atoms. The molecule has 1 atom stereocenters. The molecule has 0 radical (unpaired) electrons. The minimum absolute atomic E-state index is 0.135. The van der Waals surface area contributed by atoms with Crippen LogP contribution in [0, 0.1) is 19.7 Å². The van der Waals surface area contributed by atoms with Crippen LogP contribution < -0.4 is 5.32 Å². The van der Waals surface area contributed by atoms with Crippen molar-refractivity contribution in [2.24, 2.45) is 0 Å². The van der Waals surface area contributed by atoms with Gasteiger partial charge in [0.15, 0.2) is 0 Å². The number of phenols is 1. The Morgan fingerprint density at radius 2 is 1.79 bits per heavy atom. The van der Waals surface area contributed by atoms with Crippen molar-refractivity contribution in [3.8, 4) is 5.75 Å². The quantitative estimate of drug-likeness (QED) is 0.804. The molecule has 2 N–H and O–H groups in total. The SMILES string of the molecule is Cc1cc(NC(C)c2ccccc2F)c(C)cc1O. The van der Waals surface area contributed by atoms with E-state index in [1.54, 1.807) is 18.2 Å². The summed E-state index contributed by atoms with van der Waals surface area (Å²) < 4.78 is 13.7. The van der Waals surface area contributed by atoms with Gasteiger partial charge in [-0.05, 0) is 50.1 Å². The second-order valence-electron chi connectivity index (χ2n) is 4.84. The maximum absolute atomic E-state index is 13.7. The lowest BCUT2D eigenvalue weighted by molar-refractivity contribution is 0.470. The van der Waals surface area contributed by atoms with E-state index in [0.717, 1.165) is 16.8 Å². The molecular formula is C16H18FNO. The number of hydrogen-bond donors (Lipinski definition) is 2. The van der Waals surface area contributed by atoms with Crippen LogP contribution in [-0.4, -0.2) is 5.11 Å². The lowest BCUT2D eigenvalue weighted by Gasteiger charge is -2.19. The van der Waals surface area contributed by atoms with E-state index in [-0.39, 0.29) is 17.6 Å². The zero-order valence-corrected chi connectivity index (χ0v) is 11.4. The van der Waals surface area contributed by atoms with Crippen molar-refractivity contribution in [1.29, 1.82) is 0 Å². The highest BCUT2D eigenvalue weighted by Gasteiger charge is 2.12. The average molecular weight is 259 g/mol. The Hall–Kier alpha value is -2.03. The zero-order valence-electron chi connectivity index (χ0n) is 11.4. The molecule has 100 valence electrons. The summed E-state index contributed by atoms with van der Waals surface area (Å²) in [5, 5.41) is 12.9. The third-order valence-corrected chi connectivity index (χ3v) is 3.29. The number of phenolic OH excluding ortho intramolecular Hbond substituents is 1. The summed E-state index contributed by atoms with van der Waals surface area (Å²) in [5.41, 5.74) is 3.28. The first-order valence-corrected chi connectivity index (χ1v) is 6.30. The number of anilines is 1. The van der Waals surface area contributed by atoms with Crippen molar-refractivity contribution in [2.75, 3.05) is 5.32 Å². The molecule has 0 amide bonds. The predicted molar refractivity (Wildman–Crippen MR) is 76.0 cm³/mol. The summed E-state index contributed by atoms with van der Waals surface area (Å²) in [7, 11) is 0. The molecule has 0 aromatic heterocycles. The maximum Gasteiger partial charge on any atom is 0.128 e. The van der Waals surface area contributed by atoms with E-state index in [2.05, 4.69) is 5.32 Å². The van der Waals surface area contributed by atoms with Gasteiger partial charge in [-0.2, -0.15) is 0 Å². The number of hydrogen-bond acceptors (Lipinski definition) is 2. The number of halogens is 1. The van der Waals surface area contributed by atoms with Crippen molar-refractivity contribution in [1.82, 2.24) is 0 Å². The number of aryl methyl sites for hydroxylation is 2. The van der Waals surface area contributed by atoms with E-state index >= 15 is 0 Å². The second-order valence-corrected chi connectivity index (χ2v) is 4.84. The average Bonchev–Trinajstić information content (AvgIpc) is 2.36. The standard InChI is InChI=1S/C16H18FNO/c1-10-9-16(19)11(2)8-15(10)18-12(3)13-6-4-5-7-14(13)17/h4-9,12,18-19H,1-3H3. The van der Waals surface area contributed by atoms with Gasteiger partial charge in [-0.15, -0.1) is 0 Å². The van der Waals surface area contributed by atoms with E-state index < -0.39 is 0 Å². The van der Waals surface area contributed by atoms with Crippen LogP contribution in [0.5, 0.6) is 5.75 Å². The van der Waals surface area contributed by atoms with Crippen LogP contribution >= 0.6 is 0 Å². The Labute approximate surface area is 112 Å². The summed E-state index contributed by atoms with van der Waals surface area (Å²) in [5.74, 6) is 0.0669. The lowest BCUT2D eigenvalue weighted by atomic mass is 10.1. The van der Waals surface area contributed by atoms with Gasteiger partial charge in [0, 0.05) is 11.3 Å². The van der Waals surface area contributed by atoms with Crippen LogP contribution in [0.4, 0.5) is 10.1 Å². The Balaban J connectivity index is 2.27. The smallest absolute Gasteiger partial charge is 0.128 e. The number of nitrogens with one attached hydrogen (secondary N) is 1. The second kappa shape index (κ2) is 5.31. The third kappa shape index (κ3) is 2.87. The molecule has 0 aliphatic carbocycles. The molecule has 2 aromatic carbocycles. The number of rotatable bonds is 3. The Kier molecular flexibility index (Phi) is 3.74. The largest absolute Gasteiger partial charge is 0.508 e. The van der Waals surface area contributed by atoms with Crippen LogP contribution in [0.2, 0.25) is 0 Å². The lowest BCUT2D eigenvalue weighted by Crippen LogP contribution is -2.09. The molecule has 0 saturated heterocycles. The predicted octanol–water partition coefficient (Wildman–Crippen LogP) is 4.32. The molecule has 2 aromatic rings.